The largest absolute Gasteiger partial charge is 0.357 e. The monoisotopic (exact) mass is 366 g/mol. The van der Waals surface area contributed by atoms with Gasteiger partial charge in [0.25, 0.3) is 5.91 Å². The van der Waals surface area contributed by atoms with Gasteiger partial charge in [-0.05, 0) is 31.4 Å². The topological polar surface area (TPSA) is 65.5 Å². The minimum absolute atomic E-state index is 0.00754. The van der Waals surface area contributed by atoms with E-state index >= 15 is 0 Å². The van der Waals surface area contributed by atoms with E-state index in [1.165, 1.54) is 25.6 Å². The maximum atomic E-state index is 12.9. The third-order valence-corrected chi connectivity index (χ3v) is 5.32. The lowest BCUT2D eigenvalue weighted by Crippen LogP contribution is -2.48. The van der Waals surface area contributed by atoms with Gasteiger partial charge in [-0.15, -0.1) is 0 Å². The van der Waals surface area contributed by atoms with Crippen LogP contribution in [0.2, 0.25) is 0 Å². The van der Waals surface area contributed by atoms with Gasteiger partial charge in [0.2, 0.25) is 0 Å². The Hall–Kier alpha value is -2.54. The summed E-state index contributed by atoms with van der Waals surface area (Å²) in [6.07, 6.45) is 6.99. The highest BCUT2D eigenvalue weighted by atomic mass is 16.2. The highest BCUT2D eigenvalue weighted by molar-refractivity contribution is 5.93. The summed E-state index contributed by atoms with van der Waals surface area (Å²) in [6, 6.07) is 7.84. The standard InChI is InChI=1S/C20H26N6O/c27-20(18-14-19(23-16-22-18)25-8-4-1-5-9-25)26-12-10-24(11-13-26)15-17-6-2-3-7-21-17/h2-3,6-7,14,16H,1,4-5,8-13,15H2. The van der Waals surface area contributed by atoms with Gasteiger partial charge < -0.3 is 9.80 Å². The molecule has 2 aliphatic heterocycles. The second-order valence-electron chi connectivity index (χ2n) is 7.20. The van der Waals surface area contributed by atoms with E-state index in [1.54, 1.807) is 0 Å². The molecule has 2 aromatic heterocycles. The Morgan fingerprint density at radius 3 is 2.48 bits per heavy atom. The van der Waals surface area contributed by atoms with Gasteiger partial charge >= 0.3 is 0 Å². The van der Waals surface area contributed by atoms with Crippen LogP contribution < -0.4 is 4.90 Å². The highest BCUT2D eigenvalue weighted by Crippen LogP contribution is 2.18. The molecule has 0 spiro atoms. The number of hydrogen-bond donors (Lipinski definition) is 0. The normalized spacial score (nSPS) is 18.5. The van der Waals surface area contributed by atoms with Crippen molar-refractivity contribution in [2.75, 3.05) is 44.2 Å². The molecule has 4 heterocycles. The number of rotatable bonds is 4. The number of aromatic nitrogens is 3. The average Bonchev–Trinajstić information content (AvgIpc) is 2.75. The smallest absolute Gasteiger partial charge is 0.272 e. The van der Waals surface area contributed by atoms with Crippen LogP contribution in [0.25, 0.3) is 0 Å². The molecule has 142 valence electrons. The Bertz CT molecular complexity index is 754. The van der Waals surface area contributed by atoms with Crippen molar-refractivity contribution in [2.45, 2.75) is 25.8 Å². The molecule has 2 aliphatic rings. The molecule has 0 N–H and O–H groups in total. The SMILES string of the molecule is O=C(c1cc(N2CCCCC2)ncn1)N1CCN(Cc2ccccn2)CC1. The number of amides is 1. The Morgan fingerprint density at radius 1 is 0.926 bits per heavy atom. The lowest BCUT2D eigenvalue weighted by Gasteiger charge is -2.34. The molecule has 2 saturated heterocycles. The highest BCUT2D eigenvalue weighted by Gasteiger charge is 2.24. The van der Waals surface area contributed by atoms with E-state index in [1.807, 2.05) is 35.4 Å². The summed E-state index contributed by atoms with van der Waals surface area (Å²) in [5.41, 5.74) is 1.57. The van der Waals surface area contributed by atoms with E-state index in [9.17, 15) is 4.79 Å². The Labute approximate surface area is 160 Å². The molecule has 0 unspecified atom stereocenters. The maximum absolute atomic E-state index is 12.9. The predicted molar refractivity (Wildman–Crippen MR) is 104 cm³/mol. The fourth-order valence-electron chi connectivity index (χ4n) is 3.75. The summed E-state index contributed by atoms with van der Waals surface area (Å²) < 4.78 is 0. The number of nitrogens with zero attached hydrogens (tertiary/aromatic N) is 6. The molecule has 2 fully saturated rings. The molecule has 0 aliphatic carbocycles. The molecular weight excluding hydrogens is 340 g/mol. The van der Waals surface area contributed by atoms with Crippen LogP contribution in [0.5, 0.6) is 0 Å². The zero-order chi connectivity index (χ0) is 18.5. The van der Waals surface area contributed by atoms with Gasteiger partial charge in [-0.25, -0.2) is 9.97 Å². The minimum atomic E-state index is 0.00754. The fourth-order valence-corrected chi connectivity index (χ4v) is 3.75. The van der Waals surface area contributed by atoms with Gasteiger partial charge in [-0.2, -0.15) is 0 Å². The van der Waals surface area contributed by atoms with E-state index in [4.69, 9.17) is 0 Å². The van der Waals surface area contributed by atoms with Crippen LogP contribution in [-0.4, -0.2) is 69.9 Å². The molecule has 27 heavy (non-hydrogen) atoms. The number of anilines is 1. The maximum Gasteiger partial charge on any atom is 0.272 e. The van der Waals surface area contributed by atoms with E-state index in [2.05, 4.69) is 24.8 Å². The van der Waals surface area contributed by atoms with Crippen LogP contribution in [0.4, 0.5) is 5.82 Å². The molecular formula is C20H26N6O. The van der Waals surface area contributed by atoms with Crippen LogP contribution in [0, 0.1) is 0 Å². The van der Waals surface area contributed by atoms with Crippen molar-refractivity contribution in [2.24, 2.45) is 0 Å². The second-order valence-corrected chi connectivity index (χ2v) is 7.20. The minimum Gasteiger partial charge on any atom is -0.357 e. The van der Waals surface area contributed by atoms with Gasteiger partial charge in [0.1, 0.15) is 17.8 Å². The van der Waals surface area contributed by atoms with E-state index < -0.39 is 0 Å². The van der Waals surface area contributed by atoms with Crippen LogP contribution in [0.15, 0.2) is 36.8 Å². The Morgan fingerprint density at radius 2 is 1.74 bits per heavy atom. The van der Waals surface area contributed by atoms with Crippen molar-refractivity contribution in [3.05, 3.63) is 48.2 Å². The van der Waals surface area contributed by atoms with E-state index in [0.29, 0.717) is 18.8 Å². The van der Waals surface area contributed by atoms with Gasteiger partial charge in [0.05, 0.1) is 5.69 Å². The molecule has 7 heteroatoms. The van der Waals surface area contributed by atoms with Crippen LogP contribution in [0.1, 0.15) is 35.4 Å². The average molecular weight is 366 g/mol. The quantitative estimate of drug-likeness (QED) is 0.822. The summed E-state index contributed by atoms with van der Waals surface area (Å²) >= 11 is 0. The third-order valence-electron chi connectivity index (χ3n) is 5.32. The van der Waals surface area contributed by atoms with Crippen molar-refractivity contribution in [3.8, 4) is 0 Å². The summed E-state index contributed by atoms with van der Waals surface area (Å²) in [4.78, 5) is 32.4. The Balaban J connectivity index is 1.35. The third kappa shape index (κ3) is 4.42. The first-order chi connectivity index (χ1) is 13.3. The lowest BCUT2D eigenvalue weighted by molar-refractivity contribution is 0.0621. The molecule has 0 bridgehead atoms. The number of hydrogen-bond acceptors (Lipinski definition) is 6. The first kappa shape index (κ1) is 17.9. The van der Waals surface area contributed by atoms with Crippen molar-refractivity contribution < 1.29 is 4.79 Å². The molecule has 1 amide bonds. The van der Waals surface area contributed by atoms with Gasteiger partial charge in [-0.3, -0.25) is 14.7 Å². The molecule has 0 atom stereocenters. The summed E-state index contributed by atoms with van der Waals surface area (Å²) in [7, 11) is 0. The molecule has 0 aromatic carbocycles. The number of piperidine rings is 1. The van der Waals surface area contributed by atoms with E-state index in [-0.39, 0.29) is 5.91 Å². The van der Waals surface area contributed by atoms with Gasteiger partial charge in [0, 0.05) is 58.1 Å². The number of pyridine rings is 1. The number of piperazine rings is 1. The summed E-state index contributed by atoms with van der Waals surface area (Å²) in [6.45, 7) is 5.99. The van der Waals surface area contributed by atoms with Crippen molar-refractivity contribution >= 4 is 11.7 Å². The van der Waals surface area contributed by atoms with Crippen molar-refractivity contribution in [1.29, 1.82) is 0 Å². The van der Waals surface area contributed by atoms with Gasteiger partial charge in [-0.1, -0.05) is 6.07 Å². The lowest BCUT2D eigenvalue weighted by atomic mass is 10.1. The summed E-state index contributed by atoms with van der Waals surface area (Å²) in [5.74, 6) is 0.884. The first-order valence-electron chi connectivity index (χ1n) is 9.78. The molecule has 0 radical (unpaired) electrons. The molecule has 2 aromatic rings. The fraction of sp³-hybridized carbons (Fsp3) is 0.500. The molecule has 7 nitrogen and oxygen atoms in total. The van der Waals surface area contributed by atoms with Crippen molar-refractivity contribution in [3.63, 3.8) is 0 Å². The van der Waals surface area contributed by atoms with E-state index in [0.717, 1.165) is 44.2 Å². The number of carbonyl (C=O) groups excluding carboxylic acids is 1. The first-order valence-corrected chi connectivity index (χ1v) is 9.78. The van der Waals surface area contributed by atoms with Crippen LogP contribution in [-0.2, 0) is 6.54 Å². The summed E-state index contributed by atoms with van der Waals surface area (Å²) in [5, 5.41) is 0. The molecule has 0 saturated carbocycles. The van der Waals surface area contributed by atoms with Crippen LogP contribution >= 0.6 is 0 Å². The zero-order valence-electron chi connectivity index (χ0n) is 15.6. The number of carbonyl (C=O) groups is 1. The molecule has 4 rings (SSSR count). The van der Waals surface area contributed by atoms with Crippen LogP contribution in [0.3, 0.4) is 0 Å². The predicted octanol–water partition coefficient (Wildman–Crippen LogP) is 1.82. The van der Waals surface area contributed by atoms with Crippen molar-refractivity contribution in [1.82, 2.24) is 24.8 Å². The van der Waals surface area contributed by atoms with Gasteiger partial charge in [0.15, 0.2) is 0 Å². The zero-order valence-corrected chi connectivity index (χ0v) is 15.6. The Kier molecular flexibility index (Phi) is 5.58. The second kappa shape index (κ2) is 8.43.